The Morgan fingerprint density at radius 2 is 2.03 bits per heavy atom. The standard InChI is InChI=1S/C20H31N7O2/c1-17-21-6-9-25(17)8-5-18-4-2-3-7-27(18)20(28)19-16-26(23-22-19)11-10-24-12-14-29-15-13-24/h6,9,16,18H,2-5,7-8,10-15H2,1H3. The van der Waals surface area contributed by atoms with Gasteiger partial charge in [-0.1, -0.05) is 5.21 Å². The van der Waals surface area contributed by atoms with Crippen LogP contribution in [0, 0.1) is 6.92 Å². The fourth-order valence-corrected chi connectivity index (χ4v) is 4.22. The molecule has 2 aromatic rings. The average molecular weight is 402 g/mol. The number of rotatable bonds is 7. The second-order valence-electron chi connectivity index (χ2n) is 7.93. The molecule has 0 aliphatic carbocycles. The fourth-order valence-electron chi connectivity index (χ4n) is 4.22. The maximum atomic E-state index is 13.1. The van der Waals surface area contributed by atoms with Crippen molar-refractivity contribution >= 4 is 5.91 Å². The van der Waals surface area contributed by atoms with E-state index >= 15 is 0 Å². The molecular weight excluding hydrogens is 370 g/mol. The van der Waals surface area contributed by atoms with Crippen LogP contribution in [0.1, 0.15) is 42.0 Å². The molecule has 2 aliphatic heterocycles. The Bertz CT molecular complexity index is 796. The minimum atomic E-state index is 0.00896. The molecule has 2 fully saturated rings. The van der Waals surface area contributed by atoms with Gasteiger partial charge in [-0.2, -0.15) is 0 Å². The van der Waals surface area contributed by atoms with Crippen LogP contribution in [-0.4, -0.2) is 85.7 Å². The van der Waals surface area contributed by atoms with E-state index in [4.69, 9.17) is 4.74 Å². The molecule has 0 saturated carbocycles. The van der Waals surface area contributed by atoms with Gasteiger partial charge in [0.25, 0.3) is 5.91 Å². The quantitative estimate of drug-likeness (QED) is 0.694. The summed E-state index contributed by atoms with van der Waals surface area (Å²) in [4.78, 5) is 21.8. The summed E-state index contributed by atoms with van der Waals surface area (Å²) in [6, 6.07) is 0.247. The molecule has 0 bridgehead atoms. The maximum Gasteiger partial charge on any atom is 0.276 e. The summed E-state index contributed by atoms with van der Waals surface area (Å²) < 4.78 is 9.32. The van der Waals surface area contributed by atoms with Crippen molar-refractivity contribution in [1.82, 2.24) is 34.3 Å². The molecule has 2 aromatic heterocycles. The Labute approximate surface area is 171 Å². The SMILES string of the molecule is Cc1nccn1CCC1CCCCN1C(=O)c1cn(CCN2CCOCC2)nn1. The molecule has 9 nitrogen and oxygen atoms in total. The van der Waals surface area contributed by atoms with E-state index in [1.165, 1.54) is 6.42 Å². The predicted molar refractivity (Wildman–Crippen MR) is 108 cm³/mol. The summed E-state index contributed by atoms with van der Waals surface area (Å²) >= 11 is 0. The smallest absolute Gasteiger partial charge is 0.276 e. The lowest BCUT2D eigenvalue weighted by Gasteiger charge is -2.35. The Morgan fingerprint density at radius 3 is 2.83 bits per heavy atom. The molecule has 4 heterocycles. The van der Waals surface area contributed by atoms with Crippen LogP contribution >= 0.6 is 0 Å². The summed E-state index contributed by atoms with van der Waals surface area (Å²) in [6.07, 6.45) is 9.84. The highest BCUT2D eigenvalue weighted by Gasteiger charge is 2.29. The number of carbonyl (C=O) groups is 1. The number of nitrogens with zero attached hydrogens (tertiary/aromatic N) is 7. The number of ether oxygens (including phenoxy) is 1. The van der Waals surface area contributed by atoms with Gasteiger partial charge in [0.05, 0.1) is 26.0 Å². The molecule has 4 rings (SSSR count). The van der Waals surface area contributed by atoms with E-state index in [0.29, 0.717) is 5.69 Å². The summed E-state index contributed by atoms with van der Waals surface area (Å²) in [5, 5.41) is 8.37. The first-order chi connectivity index (χ1) is 14.2. The highest BCUT2D eigenvalue weighted by molar-refractivity contribution is 5.92. The molecule has 0 aromatic carbocycles. The van der Waals surface area contributed by atoms with Gasteiger partial charge in [0.1, 0.15) is 5.82 Å². The Balaban J connectivity index is 1.34. The highest BCUT2D eigenvalue weighted by atomic mass is 16.5. The van der Waals surface area contributed by atoms with Crippen LogP contribution in [0.25, 0.3) is 0 Å². The van der Waals surface area contributed by atoms with Crippen LogP contribution < -0.4 is 0 Å². The molecule has 0 N–H and O–H groups in total. The Hall–Kier alpha value is -2.26. The highest BCUT2D eigenvalue weighted by Crippen LogP contribution is 2.22. The van der Waals surface area contributed by atoms with Crippen LogP contribution in [0.2, 0.25) is 0 Å². The van der Waals surface area contributed by atoms with Gasteiger partial charge in [-0.3, -0.25) is 14.4 Å². The van der Waals surface area contributed by atoms with Crippen LogP contribution in [-0.2, 0) is 17.8 Å². The number of aromatic nitrogens is 5. The molecule has 1 atom stereocenters. The number of likely N-dealkylation sites (tertiary alicyclic amines) is 1. The van der Waals surface area contributed by atoms with Crippen LogP contribution in [0.15, 0.2) is 18.6 Å². The van der Waals surface area contributed by atoms with Gasteiger partial charge in [-0.25, -0.2) is 4.98 Å². The van der Waals surface area contributed by atoms with E-state index in [1.807, 2.05) is 24.2 Å². The van der Waals surface area contributed by atoms with E-state index in [-0.39, 0.29) is 11.9 Å². The molecule has 29 heavy (non-hydrogen) atoms. The molecule has 2 saturated heterocycles. The van der Waals surface area contributed by atoms with Crippen molar-refractivity contribution in [1.29, 1.82) is 0 Å². The van der Waals surface area contributed by atoms with E-state index in [1.54, 1.807) is 10.9 Å². The summed E-state index contributed by atoms with van der Waals surface area (Å²) in [6.45, 7) is 8.81. The van der Waals surface area contributed by atoms with Crippen molar-refractivity contribution in [3.63, 3.8) is 0 Å². The van der Waals surface area contributed by atoms with Crippen LogP contribution in [0.5, 0.6) is 0 Å². The minimum Gasteiger partial charge on any atom is -0.379 e. The summed E-state index contributed by atoms with van der Waals surface area (Å²) in [5.41, 5.74) is 0.456. The molecule has 1 amide bonds. The number of amides is 1. The first-order valence-electron chi connectivity index (χ1n) is 10.7. The molecule has 158 valence electrons. The number of imidazole rings is 1. The molecular formula is C20H31N7O2. The van der Waals surface area contributed by atoms with Crippen molar-refractivity contribution < 1.29 is 9.53 Å². The second kappa shape index (κ2) is 9.49. The van der Waals surface area contributed by atoms with Gasteiger partial charge < -0.3 is 14.2 Å². The first-order valence-corrected chi connectivity index (χ1v) is 10.7. The topological polar surface area (TPSA) is 81.3 Å². The lowest BCUT2D eigenvalue weighted by molar-refractivity contribution is 0.0359. The Morgan fingerprint density at radius 1 is 1.17 bits per heavy atom. The number of piperidine rings is 1. The number of aryl methyl sites for hydroxylation is 2. The third kappa shape index (κ3) is 5.02. The second-order valence-corrected chi connectivity index (χ2v) is 7.93. The molecule has 2 aliphatic rings. The minimum absolute atomic E-state index is 0.00896. The normalized spacial score (nSPS) is 20.9. The number of hydrogen-bond donors (Lipinski definition) is 0. The predicted octanol–water partition coefficient (Wildman–Crippen LogP) is 1.20. The van der Waals surface area contributed by atoms with Crippen molar-refractivity contribution in [2.45, 2.75) is 51.7 Å². The monoisotopic (exact) mass is 401 g/mol. The summed E-state index contributed by atoms with van der Waals surface area (Å²) in [5.74, 6) is 1.02. The average Bonchev–Trinajstić information content (AvgIpc) is 3.40. The van der Waals surface area contributed by atoms with E-state index in [2.05, 4.69) is 24.8 Å². The lowest BCUT2D eigenvalue weighted by atomic mass is 9.99. The van der Waals surface area contributed by atoms with Gasteiger partial charge in [-0.15, -0.1) is 5.10 Å². The molecule has 9 heteroatoms. The largest absolute Gasteiger partial charge is 0.379 e. The summed E-state index contributed by atoms with van der Waals surface area (Å²) in [7, 11) is 0. The molecule has 0 spiro atoms. The van der Waals surface area contributed by atoms with Gasteiger partial charge in [-0.05, 0) is 32.6 Å². The Kier molecular flexibility index (Phi) is 6.56. The third-order valence-corrected chi connectivity index (χ3v) is 6.02. The van der Waals surface area contributed by atoms with Gasteiger partial charge in [0, 0.05) is 51.2 Å². The zero-order valence-corrected chi connectivity index (χ0v) is 17.2. The number of hydrogen-bond acceptors (Lipinski definition) is 6. The van der Waals surface area contributed by atoms with Crippen molar-refractivity contribution in [3.05, 3.63) is 30.1 Å². The van der Waals surface area contributed by atoms with Crippen LogP contribution in [0.4, 0.5) is 0 Å². The first kappa shape index (κ1) is 20.0. The van der Waals surface area contributed by atoms with E-state index < -0.39 is 0 Å². The van der Waals surface area contributed by atoms with Crippen molar-refractivity contribution in [2.24, 2.45) is 0 Å². The maximum absolute atomic E-state index is 13.1. The zero-order valence-electron chi connectivity index (χ0n) is 17.2. The lowest BCUT2D eigenvalue weighted by Crippen LogP contribution is -2.44. The van der Waals surface area contributed by atoms with Crippen molar-refractivity contribution in [3.8, 4) is 0 Å². The third-order valence-electron chi connectivity index (χ3n) is 6.02. The fraction of sp³-hybridized carbons (Fsp3) is 0.700. The van der Waals surface area contributed by atoms with Gasteiger partial charge in [0.15, 0.2) is 5.69 Å². The number of morpholine rings is 1. The van der Waals surface area contributed by atoms with Gasteiger partial charge in [0.2, 0.25) is 0 Å². The van der Waals surface area contributed by atoms with Crippen LogP contribution in [0.3, 0.4) is 0 Å². The zero-order chi connectivity index (χ0) is 20.1. The van der Waals surface area contributed by atoms with E-state index in [0.717, 1.165) is 77.6 Å². The molecule has 1 unspecified atom stereocenters. The number of carbonyl (C=O) groups excluding carboxylic acids is 1. The van der Waals surface area contributed by atoms with Crippen molar-refractivity contribution in [2.75, 3.05) is 39.4 Å². The molecule has 0 radical (unpaired) electrons. The van der Waals surface area contributed by atoms with E-state index in [9.17, 15) is 4.79 Å². The van der Waals surface area contributed by atoms with Gasteiger partial charge >= 0.3 is 0 Å².